The van der Waals surface area contributed by atoms with E-state index < -0.39 is 6.03 Å². The highest BCUT2D eigenvalue weighted by atomic mass is 16.2. The van der Waals surface area contributed by atoms with E-state index in [1.54, 1.807) is 0 Å². The number of rotatable bonds is 2. The smallest absolute Gasteiger partial charge is 0.312 e. The summed E-state index contributed by atoms with van der Waals surface area (Å²) >= 11 is 0. The third kappa shape index (κ3) is 1.51. The molecule has 0 aliphatic heterocycles. The van der Waals surface area contributed by atoms with Gasteiger partial charge < -0.3 is 11.1 Å². The van der Waals surface area contributed by atoms with Crippen LogP contribution < -0.4 is 11.1 Å². The molecular weight excluding hydrogens is 176 g/mol. The van der Waals surface area contributed by atoms with Gasteiger partial charge in [0, 0.05) is 5.54 Å². The molecule has 2 rings (SSSR count). The van der Waals surface area contributed by atoms with Crippen LogP contribution in [0.1, 0.15) is 26.7 Å². The number of primary amides is 1. The molecule has 0 aromatic rings. The Labute approximate surface area is 84.7 Å². The maximum atomic E-state index is 10.9. The molecule has 1 fully saturated rings. The van der Waals surface area contributed by atoms with E-state index in [9.17, 15) is 4.79 Å². The van der Waals surface area contributed by atoms with Crippen molar-refractivity contribution in [1.82, 2.24) is 5.32 Å². The summed E-state index contributed by atoms with van der Waals surface area (Å²) in [6, 6.07) is -0.415. The summed E-state index contributed by atoms with van der Waals surface area (Å²) in [4.78, 5) is 10.9. The first-order chi connectivity index (χ1) is 6.49. The molecule has 3 atom stereocenters. The number of fused-ring (bicyclic) bond motifs is 2. The van der Waals surface area contributed by atoms with Crippen LogP contribution in [0.4, 0.5) is 4.79 Å². The molecular formula is C11H18N2O. The molecule has 1 saturated carbocycles. The molecule has 78 valence electrons. The van der Waals surface area contributed by atoms with Gasteiger partial charge in [-0.1, -0.05) is 12.2 Å². The number of nitrogens with one attached hydrogen (secondary N) is 1. The number of carbonyl (C=O) groups is 1. The molecule has 2 bridgehead atoms. The monoisotopic (exact) mass is 194 g/mol. The summed E-state index contributed by atoms with van der Waals surface area (Å²) in [5.74, 6) is 1.92. The van der Waals surface area contributed by atoms with E-state index >= 15 is 0 Å². The molecule has 0 aromatic heterocycles. The minimum atomic E-state index is -0.415. The minimum absolute atomic E-state index is 0.171. The Bertz CT molecular complexity index is 283. The topological polar surface area (TPSA) is 55.1 Å². The number of hydrogen-bond donors (Lipinski definition) is 2. The average molecular weight is 194 g/mol. The Balaban J connectivity index is 2.08. The van der Waals surface area contributed by atoms with E-state index in [2.05, 4.69) is 31.3 Å². The van der Waals surface area contributed by atoms with Gasteiger partial charge in [-0.05, 0) is 44.4 Å². The highest BCUT2D eigenvalue weighted by Crippen LogP contribution is 2.47. The Hall–Kier alpha value is -0.990. The van der Waals surface area contributed by atoms with Gasteiger partial charge in [0.1, 0.15) is 0 Å². The summed E-state index contributed by atoms with van der Waals surface area (Å²) in [5, 5.41) is 2.85. The van der Waals surface area contributed by atoms with E-state index in [1.165, 1.54) is 12.8 Å². The highest BCUT2D eigenvalue weighted by Gasteiger charge is 2.44. The zero-order chi connectivity index (χ0) is 10.3. The molecule has 0 saturated heterocycles. The predicted octanol–water partition coefficient (Wildman–Crippen LogP) is 1.65. The lowest BCUT2D eigenvalue weighted by atomic mass is 9.78. The van der Waals surface area contributed by atoms with Crippen LogP contribution in [0.25, 0.3) is 0 Å². The number of carbonyl (C=O) groups excluding carboxylic acids is 1. The molecule has 3 N–H and O–H groups in total. The van der Waals surface area contributed by atoms with E-state index in [0.717, 1.165) is 5.92 Å². The third-order valence-electron chi connectivity index (χ3n) is 3.65. The molecule has 2 amide bonds. The Morgan fingerprint density at radius 2 is 2.14 bits per heavy atom. The molecule has 3 nitrogen and oxygen atoms in total. The van der Waals surface area contributed by atoms with Crippen LogP contribution in [-0.2, 0) is 0 Å². The molecule has 3 unspecified atom stereocenters. The fraction of sp³-hybridized carbons (Fsp3) is 0.727. The zero-order valence-corrected chi connectivity index (χ0v) is 8.79. The van der Waals surface area contributed by atoms with Gasteiger partial charge in [0.2, 0.25) is 0 Å². The quantitative estimate of drug-likeness (QED) is 0.645. The summed E-state index contributed by atoms with van der Waals surface area (Å²) in [6.07, 6.45) is 7.05. The second-order valence-electron chi connectivity index (χ2n) is 5.10. The molecule has 3 heteroatoms. The maximum Gasteiger partial charge on any atom is 0.312 e. The van der Waals surface area contributed by atoms with Gasteiger partial charge in [0.05, 0.1) is 0 Å². The van der Waals surface area contributed by atoms with Gasteiger partial charge in [-0.2, -0.15) is 0 Å². The van der Waals surface area contributed by atoms with Crippen LogP contribution in [0.5, 0.6) is 0 Å². The summed E-state index contributed by atoms with van der Waals surface area (Å²) in [6.45, 7) is 4.13. The Morgan fingerprint density at radius 1 is 1.43 bits per heavy atom. The van der Waals surface area contributed by atoms with Gasteiger partial charge in [0.25, 0.3) is 0 Å². The van der Waals surface area contributed by atoms with Crippen molar-refractivity contribution in [3.8, 4) is 0 Å². The second-order valence-corrected chi connectivity index (χ2v) is 5.10. The minimum Gasteiger partial charge on any atom is -0.352 e. The molecule has 0 spiro atoms. The van der Waals surface area contributed by atoms with Gasteiger partial charge >= 0.3 is 6.03 Å². The average Bonchev–Trinajstić information content (AvgIpc) is 2.60. The normalized spacial score (nSPS) is 34.9. The van der Waals surface area contributed by atoms with Crippen LogP contribution in [0.15, 0.2) is 12.2 Å². The van der Waals surface area contributed by atoms with Crippen molar-refractivity contribution in [3.05, 3.63) is 12.2 Å². The summed E-state index contributed by atoms with van der Waals surface area (Å²) < 4.78 is 0. The molecule has 2 aliphatic carbocycles. The van der Waals surface area contributed by atoms with Gasteiger partial charge in [0.15, 0.2) is 0 Å². The maximum absolute atomic E-state index is 10.9. The van der Waals surface area contributed by atoms with Crippen LogP contribution >= 0.6 is 0 Å². The number of nitrogens with two attached hydrogens (primary N) is 1. The van der Waals surface area contributed by atoms with E-state index in [4.69, 9.17) is 5.73 Å². The van der Waals surface area contributed by atoms with Crippen LogP contribution in [0.3, 0.4) is 0 Å². The SMILES string of the molecule is CC(C)(NC(N)=O)C1CC2C=CC1C2. The zero-order valence-electron chi connectivity index (χ0n) is 8.79. The van der Waals surface area contributed by atoms with Crippen molar-refractivity contribution in [1.29, 1.82) is 0 Å². The van der Waals surface area contributed by atoms with Crippen LogP contribution in [0, 0.1) is 17.8 Å². The molecule has 14 heavy (non-hydrogen) atoms. The fourth-order valence-electron chi connectivity index (χ4n) is 3.02. The Morgan fingerprint density at radius 3 is 2.57 bits per heavy atom. The lowest BCUT2D eigenvalue weighted by molar-refractivity contribution is 0.204. The van der Waals surface area contributed by atoms with Crippen molar-refractivity contribution in [2.24, 2.45) is 23.5 Å². The lowest BCUT2D eigenvalue weighted by Gasteiger charge is -2.36. The van der Waals surface area contributed by atoms with Crippen molar-refractivity contribution < 1.29 is 4.79 Å². The van der Waals surface area contributed by atoms with E-state index in [-0.39, 0.29) is 5.54 Å². The number of amides is 2. The number of hydrogen-bond acceptors (Lipinski definition) is 1. The van der Waals surface area contributed by atoms with Gasteiger partial charge in [-0.15, -0.1) is 0 Å². The first kappa shape index (κ1) is 9.56. The first-order valence-electron chi connectivity index (χ1n) is 5.25. The standard InChI is InChI=1S/C11H18N2O/c1-11(2,13-10(12)14)9-6-7-3-4-8(9)5-7/h3-4,7-9H,5-6H2,1-2H3,(H3,12,13,14). The van der Waals surface area contributed by atoms with Crippen molar-refractivity contribution in [2.75, 3.05) is 0 Å². The van der Waals surface area contributed by atoms with E-state index in [1.807, 2.05) is 0 Å². The molecule has 0 aromatic carbocycles. The van der Waals surface area contributed by atoms with Crippen LogP contribution in [0.2, 0.25) is 0 Å². The molecule has 2 aliphatic rings. The third-order valence-corrected chi connectivity index (χ3v) is 3.65. The summed E-state index contributed by atoms with van der Waals surface area (Å²) in [7, 11) is 0. The van der Waals surface area contributed by atoms with Gasteiger partial charge in [-0.3, -0.25) is 0 Å². The fourth-order valence-corrected chi connectivity index (χ4v) is 3.02. The number of urea groups is 1. The summed E-state index contributed by atoms with van der Waals surface area (Å²) in [5.41, 5.74) is 5.01. The molecule has 0 heterocycles. The van der Waals surface area contributed by atoms with Crippen molar-refractivity contribution >= 4 is 6.03 Å². The second kappa shape index (κ2) is 3.01. The Kier molecular flexibility index (Phi) is 2.05. The highest BCUT2D eigenvalue weighted by molar-refractivity contribution is 5.72. The number of allylic oxidation sites excluding steroid dienone is 2. The van der Waals surface area contributed by atoms with Crippen LogP contribution in [-0.4, -0.2) is 11.6 Å². The largest absolute Gasteiger partial charge is 0.352 e. The molecule has 0 radical (unpaired) electrons. The van der Waals surface area contributed by atoms with Crippen molar-refractivity contribution in [2.45, 2.75) is 32.2 Å². The first-order valence-corrected chi connectivity index (χ1v) is 5.25. The van der Waals surface area contributed by atoms with Gasteiger partial charge in [-0.25, -0.2) is 4.79 Å². The van der Waals surface area contributed by atoms with Crippen molar-refractivity contribution in [3.63, 3.8) is 0 Å². The predicted molar refractivity (Wildman–Crippen MR) is 55.6 cm³/mol. The lowest BCUT2D eigenvalue weighted by Crippen LogP contribution is -2.52. The van der Waals surface area contributed by atoms with E-state index in [0.29, 0.717) is 11.8 Å².